The number of carbonyl (C=O) groups is 2. The van der Waals surface area contributed by atoms with E-state index in [0.717, 1.165) is 31.2 Å². The fourth-order valence-electron chi connectivity index (χ4n) is 3.47. The van der Waals surface area contributed by atoms with Gasteiger partial charge in [-0.25, -0.2) is 4.39 Å². The predicted molar refractivity (Wildman–Crippen MR) is 91.2 cm³/mol. The first-order valence-electron chi connectivity index (χ1n) is 9.20. The van der Waals surface area contributed by atoms with Crippen molar-refractivity contribution in [3.63, 3.8) is 0 Å². The molecule has 1 unspecified atom stereocenters. The van der Waals surface area contributed by atoms with Crippen molar-refractivity contribution in [1.29, 1.82) is 0 Å². The SMILES string of the molecule is O=C(NC1CC1)C(c1ccc(F)cc1)N1CCN(C(=O)C2CC2)CC1. The number of piperazine rings is 1. The summed E-state index contributed by atoms with van der Waals surface area (Å²) in [5.41, 5.74) is 0.807. The number of benzene rings is 1. The van der Waals surface area contributed by atoms with E-state index in [-0.39, 0.29) is 29.6 Å². The number of nitrogens with one attached hydrogen (secondary N) is 1. The largest absolute Gasteiger partial charge is 0.352 e. The van der Waals surface area contributed by atoms with Crippen molar-refractivity contribution in [3.8, 4) is 0 Å². The number of amides is 2. The zero-order valence-corrected chi connectivity index (χ0v) is 14.3. The van der Waals surface area contributed by atoms with Crippen LogP contribution in [-0.4, -0.2) is 53.8 Å². The summed E-state index contributed by atoms with van der Waals surface area (Å²) in [5.74, 6) is 0.180. The van der Waals surface area contributed by atoms with E-state index >= 15 is 0 Å². The molecule has 1 aliphatic heterocycles. The molecule has 0 aromatic heterocycles. The Balaban J connectivity index is 1.46. The first-order valence-corrected chi connectivity index (χ1v) is 9.20. The zero-order valence-electron chi connectivity index (χ0n) is 14.3. The first kappa shape index (κ1) is 16.5. The Kier molecular flexibility index (Phi) is 4.46. The average Bonchev–Trinajstić information content (AvgIpc) is 3.51. The lowest BCUT2D eigenvalue weighted by atomic mass is 10.0. The van der Waals surface area contributed by atoms with E-state index in [0.29, 0.717) is 26.2 Å². The molecule has 0 spiro atoms. The van der Waals surface area contributed by atoms with Crippen LogP contribution in [0.3, 0.4) is 0 Å². The molecule has 2 amide bonds. The van der Waals surface area contributed by atoms with Crippen LogP contribution in [0.4, 0.5) is 4.39 Å². The molecule has 1 aromatic rings. The summed E-state index contributed by atoms with van der Waals surface area (Å²) < 4.78 is 13.3. The summed E-state index contributed by atoms with van der Waals surface area (Å²) in [7, 11) is 0. The maximum absolute atomic E-state index is 13.3. The van der Waals surface area contributed by atoms with Gasteiger partial charge in [0.15, 0.2) is 0 Å². The number of halogens is 1. The molecule has 4 rings (SSSR count). The number of hydrogen-bond donors (Lipinski definition) is 1. The fourth-order valence-corrected chi connectivity index (χ4v) is 3.47. The summed E-state index contributed by atoms with van der Waals surface area (Å²) in [6.07, 6.45) is 4.10. The van der Waals surface area contributed by atoms with Crippen molar-refractivity contribution in [2.24, 2.45) is 5.92 Å². The van der Waals surface area contributed by atoms with Crippen LogP contribution in [0.5, 0.6) is 0 Å². The number of carbonyl (C=O) groups excluding carboxylic acids is 2. The van der Waals surface area contributed by atoms with Crippen molar-refractivity contribution >= 4 is 11.8 Å². The van der Waals surface area contributed by atoms with Gasteiger partial charge in [0.2, 0.25) is 11.8 Å². The van der Waals surface area contributed by atoms with Gasteiger partial charge in [0.05, 0.1) is 0 Å². The summed E-state index contributed by atoms with van der Waals surface area (Å²) in [6, 6.07) is 6.05. The van der Waals surface area contributed by atoms with Gasteiger partial charge in [0.25, 0.3) is 0 Å². The highest BCUT2D eigenvalue weighted by Crippen LogP contribution is 2.32. The zero-order chi connectivity index (χ0) is 17.4. The first-order chi connectivity index (χ1) is 12.1. The van der Waals surface area contributed by atoms with Crippen LogP contribution < -0.4 is 5.32 Å². The van der Waals surface area contributed by atoms with Crippen LogP contribution in [0.15, 0.2) is 24.3 Å². The molecule has 1 heterocycles. The van der Waals surface area contributed by atoms with Crippen LogP contribution in [0, 0.1) is 11.7 Å². The molecule has 0 bridgehead atoms. The highest BCUT2D eigenvalue weighted by Gasteiger charge is 2.37. The van der Waals surface area contributed by atoms with E-state index in [1.807, 2.05) is 4.90 Å². The summed E-state index contributed by atoms with van der Waals surface area (Å²) in [5, 5.41) is 3.07. The van der Waals surface area contributed by atoms with E-state index in [1.165, 1.54) is 12.1 Å². The average molecular weight is 345 g/mol. The minimum Gasteiger partial charge on any atom is -0.352 e. The molecular weight excluding hydrogens is 321 g/mol. The molecule has 2 aliphatic carbocycles. The molecule has 1 aromatic carbocycles. The van der Waals surface area contributed by atoms with Crippen LogP contribution >= 0.6 is 0 Å². The van der Waals surface area contributed by atoms with Gasteiger partial charge in [0.1, 0.15) is 11.9 Å². The van der Waals surface area contributed by atoms with Gasteiger partial charge >= 0.3 is 0 Å². The molecule has 134 valence electrons. The molecule has 1 atom stereocenters. The van der Waals surface area contributed by atoms with Crippen molar-refractivity contribution in [2.45, 2.75) is 37.8 Å². The maximum Gasteiger partial charge on any atom is 0.242 e. The third-order valence-electron chi connectivity index (χ3n) is 5.28. The monoisotopic (exact) mass is 345 g/mol. The Labute approximate surface area is 147 Å². The van der Waals surface area contributed by atoms with Crippen molar-refractivity contribution in [3.05, 3.63) is 35.6 Å². The molecule has 0 radical (unpaired) electrons. The molecule has 1 saturated heterocycles. The molecule has 5 nitrogen and oxygen atoms in total. The van der Waals surface area contributed by atoms with Crippen molar-refractivity contribution < 1.29 is 14.0 Å². The van der Waals surface area contributed by atoms with E-state index in [4.69, 9.17) is 0 Å². The van der Waals surface area contributed by atoms with Gasteiger partial charge in [-0.15, -0.1) is 0 Å². The third-order valence-corrected chi connectivity index (χ3v) is 5.28. The molecular formula is C19H24FN3O2. The Morgan fingerprint density at radius 3 is 2.20 bits per heavy atom. The van der Waals surface area contributed by atoms with Gasteiger partial charge in [-0.3, -0.25) is 14.5 Å². The Morgan fingerprint density at radius 2 is 1.64 bits per heavy atom. The van der Waals surface area contributed by atoms with E-state index in [9.17, 15) is 14.0 Å². The smallest absolute Gasteiger partial charge is 0.242 e. The summed E-state index contributed by atoms with van der Waals surface area (Å²) in [4.78, 5) is 29.0. The van der Waals surface area contributed by atoms with Crippen LogP contribution in [0.2, 0.25) is 0 Å². The van der Waals surface area contributed by atoms with Crippen molar-refractivity contribution in [1.82, 2.24) is 15.1 Å². The Hall–Kier alpha value is -1.95. The molecule has 25 heavy (non-hydrogen) atoms. The standard InChI is InChI=1S/C19H24FN3O2/c20-15-5-3-13(4-6-15)17(18(24)21-16-7-8-16)22-9-11-23(12-10-22)19(25)14-1-2-14/h3-6,14,16-17H,1-2,7-12H2,(H,21,24). The maximum atomic E-state index is 13.3. The van der Waals surface area contributed by atoms with Gasteiger partial charge in [-0.1, -0.05) is 12.1 Å². The highest BCUT2D eigenvalue weighted by atomic mass is 19.1. The predicted octanol–water partition coefficient (Wildman–Crippen LogP) is 1.70. The second-order valence-corrected chi connectivity index (χ2v) is 7.37. The number of rotatable bonds is 5. The summed E-state index contributed by atoms with van der Waals surface area (Å²) in [6.45, 7) is 2.64. The number of hydrogen-bond acceptors (Lipinski definition) is 3. The van der Waals surface area contributed by atoms with Crippen molar-refractivity contribution in [2.75, 3.05) is 26.2 Å². The second kappa shape index (κ2) is 6.75. The highest BCUT2D eigenvalue weighted by molar-refractivity contribution is 5.84. The van der Waals surface area contributed by atoms with Crippen LogP contribution in [-0.2, 0) is 9.59 Å². The Morgan fingerprint density at radius 1 is 1.00 bits per heavy atom. The van der Waals surface area contributed by atoms with Crippen LogP contribution in [0.1, 0.15) is 37.3 Å². The molecule has 6 heteroatoms. The molecule has 3 aliphatic rings. The van der Waals surface area contributed by atoms with Gasteiger partial charge in [-0.2, -0.15) is 0 Å². The fraction of sp³-hybridized carbons (Fsp3) is 0.579. The topological polar surface area (TPSA) is 52.7 Å². The van der Waals surface area contributed by atoms with Gasteiger partial charge in [0, 0.05) is 38.1 Å². The molecule has 3 fully saturated rings. The lowest BCUT2D eigenvalue weighted by Gasteiger charge is -2.39. The van der Waals surface area contributed by atoms with E-state index < -0.39 is 6.04 Å². The summed E-state index contributed by atoms with van der Waals surface area (Å²) >= 11 is 0. The van der Waals surface area contributed by atoms with Gasteiger partial charge in [-0.05, 0) is 43.4 Å². The minimum absolute atomic E-state index is 0.0175. The van der Waals surface area contributed by atoms with Crippen LogP contribution in [0.25, 0.3) is 0 Å². The van der Waals surface area contributed by atoms with E-state index in [2.05, 4.69) is 10.2 Å². The lowest BCUT2D eigenvalue weighted by Crippen LogP contribution is -2.52. The lowest BCUT2D eigenvalue weighted by molar-refractivity contribution is -0.135. The number of nitrogens with zero attached hydrogens (tertiary/aromatic N) is 2. The Bertz CT molecular complexity index is 647. The normalized spacial score (nSPS) is 22.5. The minimum atomic E-state index is -0.417. The molecule has 2 saturated carbocycles. The van der Waals surface area contributed by atoms with Gasteiger partial charge < -0.3 is 10.2 Å². The second-order valence-electron chi connectivity index (χ2n) is 7.37. The molecule has 1 N–H and O–H groups in total. The third kappa shape index (κ3) is 3.84. The quantitative estimate of drug-likeness (QED) is 0.884. The van der Waals surface area contributed by atoms with E-state index in [1.54, 1.807) is 12.1 Å².